The predicted octanol–water partition coefficient (Wildman–Crippen LogP) is 7.38. The SMILES string of the molecule is CCCCOc1ccc(C(=O)Oc2ccc(-c3nnc(-c4ccc(OCc5ccccc5)cc4)o3)cc2)cc1. The Morgan fingerprint density at radius 2 is 1.26 bits per heavy atom. The van der Waals surface area contributed by atoms with Crippen LogP contribution in [0.5, 0.6) is 17.2 Å². The largest absolute Gasteiger partial charge is 0.494 e. The second-order valence-corrected chi connectivity index (χ2v) is 8.85. The molecule has 0 fully saturated rings. The van der Waals surface area contributed by atoms with Crippen LogP contribution < -0.4 is 14.2 Å². The van der Waals surface area contributed by atoms with Gasteiger partial charge in [-0.05, 0) is 84.8 Å². The molecule has 7 heteroatoms. The van der Waals surface area contributed by atoms with E-state index in [-0.39, 0.29) is 0 Å². The summed E-state index contributed by atoms with van der Waals surface area (Å²) in [4.78, 5) is 12.5. The Morgan fingerprint density at radius 3 is 1.87 bits per heavy atom. The maximum absolute atomic E-state index is 12.5. The first kappa shape index (κ1) is 25.7. The smallest absolute Gasteiger partial charge is 0.343 e. The fourth-order valence-electron chi connectivity index (χ4n) is 3.74. The first-order valence-electron chi connectivity index (χ1n) is 12.8. The van der Waals surface area contributed by atoms with E-state index >= 15 is 0 Å². The summed E-state index contributed by atoms with van der Waals surface area (Å²) in [6, 6.07) is 31.4. The van der Waals surface area contributed by atoms with Crippen LogP contribution in [0.3, 0.4) is 0 Å². The van der Waals surface area contributed by atoms with Crippen LogP contribution in [0.15, 0.2) is 108 Å². The van der Waals surface area contributed by atoms with Gasteiger partial charge in [-0.3, -0.25) is 0 Å². The number of carbonyl (C=O) groups is 1. The van der Waals surface area contributed by atoms with Crippen molar-refractivity contribution in [3.05, 3.63) is 114 Å². The molecule has 1 heterocycles. The van der Waals surface area contributed by atoms with Crippen molar-refractivity contribution in [1.82, 2.24) is 10.2 Å². The minimum atomic E-state index is -0.445. The van der Waals surface area contributed by atoms with Crippen LogP contribution in [-0.4, -0.2) is 22.8 Å². The molecule has 39 heavy (non-hydrogen) atoms. The van der Waals surface area contributed by atoms with Crippen molar-refractivity contribution in [1.29, 1.82) is 0 Å². The average molecular weight is 521 g/mol. The number of benzene rings is 4. The molecule has 1 aromatic heterocycles. The third kappa shape index (κ3) is 6.90. The van der Waals surface area contributed by atoms with Gasteiger partial charge >= 0.3 is 5.97 Å². The van der Waals surface area contributed by atoms with Gasteiger partial charge in [0.1, 0.15) is 23.9 Å². The van der Waals surface area contributed by atoms with Crippen LogP contribution >= 0.6 is 0 Å². The highest BCUT2D eigenvalue weighted by Gasteiger charge is 2.13. The van der Waals surface area contributed by atoms with E-state index in [0.29, 0.717) is 41.9 Å². The number of hydrogen-bond donors (Lipinski definition) is 0. The maximum atomic E-state index is 12.5. The molecule has 4 aromatic carbocycles. The molecule has 0 N–H and O–H groups in total. The lowest BCUT2D eigenvalue weighted by Crippen LogP contribution is -2.08. The summed E-state index contributed by atoms with van der Waals surface area (Å²) < 4.78 is 22.9. The summed E-state index contributed by atoms with van der Waals surface area (Å²) in [5, 5.41) is 8.34. The van der Waals surface area contributed by atoms with Crippen molar-refractivity contribution in [2.24, 2.45) is 0 Å². The summed E-state index contributed by atoms with van der Waals surface area (Å²) in [7, 11) is 0. The summed E-state index contributed by atoms with van der Waals surface area (Å²) in [6.45, 7) is 3.26. The van der Waals surface area contributed by atoms with Crippen LogP contribution in [0.1, 0.15) is 35.7 Å². The van der Waals surface area contributed by atoms with Gasteiger partial charge in [-0.1, -0.05) is 43.7 Å². The molecular formula is C32H28N2O5. The zero-order valence-corrected chi connectivity index (χ0v) is 21.6. The average Bonchev–Trinajstić information content (AvgIpc) is 3.48. The molecule has 5 aromatic rings. The Labute approximate surface area is 227 Å². The van der Waals surface area contributed by atoms with Crippen molar-refractivity contribution in [2.75, 3.05) is 6.61 Å². The van der Waals surface area contributed by atoms with Crippen molar-refractivity contribution in [2.45, 2.75) is 26.4 Å². The zero-order chi connectivity index (χ0) is 26.9. The standard InChI is InChI=1S/C32H28N2O5/c1-2-3-21-36-27-17-13-26(14-18-27)32(35)38-29-19-11-25(12-20-29)31-34-33-30(39-31)24-9-15-28(16-10-24)37-22-23-7-5-4-6-8-23/h4-20H,2-3,21-22H2,1H3. The summed E-state index contributed by atoms with van der Waals surface area (Å²) in [6.07, 6.45) is 2.05. The van der Waals surface area contributed by atoms with Gasteiger partial charge in [0.05, 0.1) is 12.2 Å². The normalized spacial score (nSPS) is 10.7. The zero-order valence-electron chi connectivity index (χ0n) is 21.6. The molecule has 0 bridgehead atoms. The highest BCUT2D eigenvalue weighted by atomic mass is 16.5. The number of carbonyl (C=O) groups excluding carboxylic acids is 1. The van der Waals surface area contributed by atoms with Gasteiger partial charge in [0.25, 0.3) is 0 Å². The van der Waals surface area contributed by atoms with Crippen molar-refractivity contribution in [3.8, 4) is 40.2 Å². The highest BCUT2D eigenvalue weighted by molar-refractivity contribution is 5.91. The quantitative estimate of drug-likeness (QED) is 0.102. The van der Waals surface area contributed by atoms with Gasteiger partial charge in [-0.2, -0.15) is 0 Å². The van der Waals surface area contributed by atoms with Gasteiger partial charge in [0.2, 0.25) is 11.8 Å². The molecule has 0 saturated heterocycles. The lowest BCUT2D eigenvalue weighted by molar-refractivity contribution is 0.0734. The van der Waals surface area contributed by atoms with Crippen molar-refractivity contribution >= 4 is 5.97 Å². The number of esters is 1. The fourth-order valence-corrected chi connectivity index (χ4v) is 3.74. The van der Waals surface area contributed by atoms with Crippen molar-refractivity contribution in [3.63, 3.8) is 0 Å². The maximum Gasteiger partial charge on any atom is 0.343 e. The van der Waals surface area contributed by atoms with Crippen LogP contribution in [0.25, 0.3) is 22.9 Å². The number of unbranched alkanes of at least 4 members (excludes halogenated alkanes) is 1. The van der Waals surface area contributed by atoms with E-state index < -0.39 is 5.97 Å². The lowest BCUT2D eigenvalue weighted by Gasteiger charge is -2.07. The van der Waals surface area contributed by atoms with Crippen LogP contribution in [0.4, 0.5) is 0 Å². The lowest BCUT2D eigenvalue weighted by atomic mass is 10.2. The molecule has 7 nitrogen and oxygen atoms in total. The van der Waals surface area contributed by atoms with Gasteiger partial charge in [0, 0.05) is 11.1 Å². The molecule has 5 rings (SSSR count). The van der Waals surface area contributed by atoms with Gasteiger partial charge < -0.3 is 18.6 Å². The Hall–Kier alpha value is -4.91. The molecule has 0 amide bonds. The highest BCUT2D eigenvalue weighted by Crippen LogP contribution is 2.27. The Morgan fingerprint density at radius 1 is 0.692 bits per heavy atom. The Bertz CT molecular complexity index is 1480. The number of nitrogens with zero attached hydrogens (tertiary/aromatic N) is 2. The Balaban J connectivity index is 1.16. The molecule has 0 radical (unpaired) electrons. The third-order valence-electron chi connectivity index (χ3n) is 5.94. The molecule has 0 unspecified atom stereocenters. The number of ether oxygens (including phenoxy) is 3. The Kier molecular flexibility index (Phi) is 8.28. The molecule has 0 spiro atoms. The first-order valence-corrected chi connectivity index (χ1v) is 12.8. The monoisotopic (exact) mass is 520 g/mol. The fraction of sp³-hybridized carbons (Fsp3) is 0.156. The van der Waals surface area contributed by atoms with Crippen LogP contribution in [0, 0.1) is 0 Å². The molecule has 196 valence electrons. The second kappa shape index (κ2) is 12.6. The van der Waals surface area contributed by atoms with Crippen LogP contribution in [0.2, 0.25) is 0 Å². The topological polar surface area (TPSA) is 83.7 Å². The molecule has 0 saturated carbocycles. The van der Waals surface area contributed by atoms with Gasteiger partial charge in [-0.15, -0.1) is 10.2 Å². The van der Waals surface area contributed by atoms with E-state index in [9.17, 15) is 4.79 Å². The minimum absolute atomic E-state index is 0.367. The van der Waals surface area contributed by atoms with E-state index in [1.807, 2.05) is 54.6 Å². The second-order valence-electron chi connectivity index (χ2n) is 8.85. The number of aromatic nitrogens is 2. The van der Waals surface area contributed by atoms with Crippen molar-refractivity contribution < 1.29 is 23.4 Å². The van der Waals surface area contributed by atoms with E-state index in [1.165, 1.54) is 0 Å². The molecular weight excluding hydrogens is 492 g/mol. The van der Waals surface area contributed by atoms with E-state index in [1.54, 1.807) is 48.5 Å². The van der Waals surface area contributed by atoms with E-state index in [0.717, 1.165) is 35.5 Å². The third-order valence-corrected chi connectivity index (χ3v) is 5.94. The summed E-state index contributed by atoms with van der Waals surface area (Å²) in [5.74, 6) is 2.22. The van der Waals surface area contributed by atoms with E-state index in [2.05, 4.69) is 17.1 Å². The van der Waals surface area contributed by atoms with Gasteiger partial charge in [0.15, 0.2) is 0 Å². The summed E-state index contributed by atoms with van der Waals surface area (Å²) >= 11 is 0. The number of hydrogen-bond acceptors (Lipinski definition) is 7. The van der Waals surface area contributed by atoms with Gasteiger partial charge in [-0.25, -0.2) is 4.79 Å². The molecule has 0 atom stereocenters. The predicted molar refractivity (Wildman–Crippen MR) is 148 cm³/mol. The van der Waals surface area contributed by atoms with Crippen LogP contribution in [-0.2, 0) is 6.61 Å². The van der Waals surface area contributed by atoms with E-state index in [4.69, 9.17) is 18.6 Å². The minimum Gasteiger partial charge on any atom is -0.494 e. The molecule has 0 aliphatic rings. The first-order chi connectivity index (χ1) is 19.2. The molecule has 0 aliphatic heterocycles. The molecule has 0 aliphatic carbocycles. The summed E-state index contributed by atoms with van der Waals surface area (Å²) in [5.41, 5.74) is 3.05. The number of rotatable bonds is 11.